The Kier molecular flexibility index (Phi) is 6.94. The van der Waals surface area contributed by atoms with Crippen LogP contribution >= 0.6 is 11.8 Å². The van der Waals surface area contributed by atoms with Gasteiger partial charge in [-0.1, -0.05) is 13.8 Å². The van der Waals surface area contributed by atoms with E-state index in [0.29, 0.717) is 18.2 Å². The minimum absolute atomic E-state index is 0.320. The van der Waals surface area contributed by atoms with Crippen molar-refractivity contribution in [3.63, 3.8) is 0 Å². The molecule has 0 fully saturated rings. The number of carbonyl (C=O) groups is 2. The van der Waals surface area contributed by atoms with Gasteiger partial charge >= 0.3 is 12.0 Å². The van der Waals surface area contributed by atoms with Gasteiger partial charge in [0.2, 0.25) is 0 Å². The maximum atomic E-state index is 11.2. The summed E-state index contributed by atoms with van der Waals surface area (Å²) in [6.45, 7) is 4.23. The van der Waals surface area contributed by atoms with Crippen LogP contribution in [-0.4, -0.2) is 41.2 Å². The van der Waals surface area contributed by atoms with Crippen LogP contribution in [0.25, 0.3) is 0 Å². The molecule has 2 amide bonds. The molecule has 0 saturated heterocycles. The standard InChI is InChI=1S/C9H18N2O3S/c1-4-7(8(12)13)11-9(14)10-5-6(2)15-3/h6-7H,4-5H2,1-3H3,(H,12,13)(H2,10,11,14)/t6?,7-/m0/s1. The van der Waals surface area contributed by atoms with Gasteiger partial charge in [0.1, 0.15) is 6.04 Å². The number of nitrogens with one attached hydrogen (secondary N) is 2. The molecule has 0 rings (SSSR count). The molecule has 2 atom stereocenters. The first kappa shape index (κ1) is 14.1. The molecule has 0 aromatic carbocycles. The van der Waals surface area contributed by atoms with Crippen molar-refractivity contribution in [3.8, 4) is 0 Å². The molecule has 0 aromatic heterocycles. The molecular formula is C9H18N2O3S. The molecule has 0 aromatic rings. The van der Waals surface area contributed by atoms with Crippen LogP contribution in [0.5, 0.6) is 0 Å². The van der Waals surface area contributed by atoms with E-state index in [-0.39, 0.29) is 0 Å². The maximum absolute atomic E-state index is 11.2. The second kappa shape index (κ2) is 7.39. The summed E-state index contributed by atoms with van der Waals surface area (Å²) in [5, 5.41) is 14.0. The van der Waals surface area contributed by atoms with Crippen LogP contribution in [0.4, 0.5) is 4.79 Å². The summed E-state index contributed by atoms with van der Waals surface area (Å²) in [7, 11) is 0. The van der Waals surface area contributed by atoms with Crippen molar-refractivity contribution in [2.24, 2.45) is 0 Å². The largest absolute Gasteiger partial charge is 0.480 e. The van der Waals surface area contributed by atoms with Crippen molar-refractivity contribution in [2.75, 3.05) is 12.8 Å². The molecule has 0 aliphatic rings. The van der Waals surface area contributed by atoms with Crippen molar-refractivity contribution in [2.45, 2.75) is 31.6 Å². The molecule has 0 aliphatic heterocycles. The third-order valence-corrected chi connectivity index (χ3v) is 2.94. The molecule has 0 heterocycles. The summed E-state index contributed by atoms with van der Waals surface area (Å²) in [5.74, 6) is -1.01. The quantitative estimate of drug-likeness (QED) is 0.638. The number of carboxylic acids is 1. The lowest BCUT2D eigenvalue weighted by molar-refractivity contribution is -0.139. The fourth-order valence-electron chi connectivity index (χ4n) is 0.867. The minimum Gasteiger partial charge on any atom is -0.480 e. The van der Waals surface area contributed by atoms with Crippen LogP contribution in [0.1, 0.15) is 20.3 Å². The van der Waals surface area contributed by atoms with Gasteiger partial charge in [0, 0.05) is 11.8 Å². The average molecular weight is 234 g/mol. The fourth-order valence-corrected chi connectivity index (χ4v) is 1.12. The second-order valence-electron chi connectivity index (χ2n) is 3.20. The number of carbonyl (C=O) groups excluding carboxylic acids is 1. The molecule has 0 saturated carbocycles. The van der Waals surface area contributed by atoms with Gasteiger partial charge in [-0.15, -0.1) is 0 Å². The Morgan fingerprint density at radius 1 is 1.47 bits per heavy atom. The van der Waals surface area contributed by atoms with E-state index in [1.807, 2.05) is 13.2 Å². The van der Waals surface area contributed by atoms with Gasteiger partial charge in [-0.3, -0.25) is 0 Å². The van der Waals surface area contributed by atoms with Crippen molar-refractivity contribution in [3.05, 3.63) is 0 Å². The maximum Gasteiger partial charge on any atom is 0.326 e. The van der Waals surface area contributed by atoms with E-state index in [2.05, 4.69) is 10.6 Å². The van der Waals surface area contributed by atoms with Crippen LogP contribution < -0.4 is 10.6 Å². The lowest BCUT2D eigenvalue weighted by Gasteiger charge is -2.14. The number of urea groups is 1. The number of hydrogen-bond acceptors (Lipinski definition) is 3. The summed E-state index contributed by atoms with van der Waals surface area (Å²) < 4.78 is 0. The van der Waals surface area contributed by atoms with Crippen molar-refractivity contribution in [1.82, 2.24) is 10.6 Å². The Morgan fingerprint density at radius 2 is 2.07 bits per heavy atom. The summed E-state index contributed by atoms with van der Waals surface area (Å²) in [4.78, 5) is 21.9. The SMILES string of the molecule is CC[C@H](NC(=O)NCC(C)SC)C(=O)O. The van der Waals surface area contributed by atoms with Gasteiger partial charge in [0.15, 0.2) is 0 Å². The molecular weight excluding hydrogens is 216 g/mol. The highest BCUT2D eigenvalue weighted by molar-refractivity contribution is 7.99. The van der Waals surface area contributed by atoms with Crippen molar-refractivity contribution < 1.29 is 14.7 Å². The number of carboxylic acid groups (broad SMARTS) is 1. The fraction of sp³-hybridized carbons (Fsp3) is 0.778. The Morgan fingerprint density at radius 3 is 2.47 bits per heavy atom. The van der Waals surface area contributed by atoms with E-state index in [1.165, 1.54) is 0 Å². The Hall–Kier alpha value is -0.910. The minimum atomic E-state index is -1.01. The first-order valence-electron chi connectivity index (χ1n) is 4.81. The van der Waals surface area contributed by atoms with Crippen LogP contribution in [0, 0.1) is 0 Å². The molecule has 1 unspecified atom stereocenters. The van der Waals surface area contributed by atoms with Gasteiger partial charge < -0.3 is 15.7 Å². The van der Waals surface area contributed by atoms with E-state index < -0.39 is 18.0 Å². The lowest BCUT2D eigenvalue weighted by Crippen LogP contribution is -2.46. The van der Waals surface area contributed by atoms with Gasteiger partial charge in [0.05, 0.1) is 0 Å². The molecule has 0 aliphatic carbocycles. The second-order valence-corrected chi connectivity index (χ2v) is 4.48. The Labute approximate surface area is 94.0 Å². The smallest absolute Gasteiger partial charge is 0.326 e. The summed E-state index contributed by atoms with van der Waals surface area (Å²) in [5.41, 5.74) is 0. The topological polar surface area (TPSA) is 78.4 Å². The summed E-state index contributed by atoms with van der Waals surface area (Å²) in [6.07, 6.45) is 2.33. The predicted molar refractivity (Wildman–Crippen MR) is 61.2 cm³/mol. The highest BCUT2D eigenvalue weighted by Gasteiger charge is 2.17. The molecule has 3 N–H and O–H groups in total. The van der Waals surface area contributed by atoms with Crippen LogP contribution in [0.15, 0.2) is 0 Å². The zero-order chi connectivity index (χ0) is 11.8. The number of aliphatic carboxylic acids is 1. The van der Waals surface area contributed by atoms with E-state index in [4.69, 9.17) is 5.11 Å². The summed E-state index contributed by atoms with van der Waals surface area (Å²) >= 11 is 1.64. The average Bonchev–Trinajstić information content (AvgIpc) is 2.21. The summed E-state index contributed by atoms with van der Waals surface area (Å²) in [6, 6.07) is -1.24. The molecule has 0 radical (unpaired) electrons. The van der Waals surface area contributed by atoms with Gasteiger partial charge in [-0.25, -0.2) is 9.59 Å². The molecule has 5 nitrogen and oxygen atoms in total. The zero-order valence-corrected chi connectivity index (χ0v) is 10.1. The third-order valence-electron chi connectivity index (χ3n) is 1.96. The van der Waals surface area contributed by atoms with Gasteiger partial charge in [0.25, 0.3) is 0 Å². The van der Waals surface area contributed by atoms with Crippen LogP contribution in [0.2, 0.25) is 0 Å². The monoisotopic (exact) mass is 234 g/mol. The van der Waals surface area contributed by atoms with Gasteiger partial charge in [-0.2, -0.15) is 11.8 Å². The first-order valence-corrected chi connectivity index (χ1v) is 6.10. The molecule has 6 heteroatoms. The molecule has 15 heavy (non-hydrogen) atoms. The number of rotatable bonds is 6. The van der Waals surface area contributed by atoms with E-state index in [9.17, 15) is 9.59 Å². The predicted octanol–water partition coefficient (Wildman–Crippen LogP) is 0.900. The molecule has 88 valence electrons. The zero-order valence-electron chi connectivity index (χ0n) is 9.24. The van der Waals surface area contributed by atoms with E-state index >= 15 is 0 Å². The number of hydrogen-bond donors (Lipinski definition) is 3. The lowest BCUT2D eigenvalue weighted by atomic mass is 10.2. The highest BCUT2D eigenvalue weighted by atomic mass is 32.2. The highest BCUT2D eigenvalue weighted by Crippen LogP contribution is 2.02. The van der Waals surface area contributed by atoms with E-state index in [1.54, 1.807) is 18.7 Å². The number of amides is 2. The van der Waals surface area contributed by atoms with Crippen LogP contribution in [0.3, 0.4) is 0 Å². The number of thioether (sulfide) groups is 1. The van der Waals surface area contributed by atoms with E-state index in [0.717, 1.165) is 0 Å². The van der Waals surface area contributed by atoms with Crippen molar-refractivity contribution >= 4 is 23.8 Å². The third kappa shape index (κ3) is 6.22. The molecule has 0 spiro atoms. The van der Waals surface area contributed by atoms with Crippen molar-refractivity contribution in [1.29, 1.82) is 0 Å². The van der Waals surface area contributed by atoms with Gasteiger partial charge in [-0.05, 0) is 12.7 Å². The molecule has 0 bridgehead atoms. The Bertz CT molecular complexity index is 223. The van der Waals surface area contributed by atoms with Crippen LogP contribution in [-0.2, 0) is 4.79 Å². The first-order chi connectivity index (χ1) is 7.01. The Balaban J connectivity index is 3.86. The normalized spacial score (nSPS) is 14.1.